The molecule has 1 N–H and O–H groups in total. The molecule has 1 aromatic rings. The number of allylic oxidation sites excluding steroid dienone is 1. The Labute approximate surface area is 84.8 Å². The molecule has 74 valence electrons. The Bertz CT molecular complexity index is 380. The van der Waals surface area contributed by atoms with Gasteiger partial charge in [-0.2, -0.15) is 0 Å². The maximum Gasteiger partial charge on any atom is 0.0483 e. The summed E-state index contributed by atoms with van der Waals surface area (Å²) in [5.74, 6) is 0. The summed E-state index contributed by atoms with van der Waals surface area (Å²) in [6.45, 7) is 6.57. The fourth-order valence-corrected chi connectivity index (χ4v) is 1.94. The van der Waals surface area contributed by atoms with Gasteiger partial charge in [0.15, 0.2) is 0 Å². The van der Waals surface area contributed by atoms with E-state index in [1.807, 2.05) is 12.3 Å². The molecule has 0 fully saturated rings. The maximum atomic E-state index is 4.57. The van der Waals surface area contributed by atoms with Crippen molar-refractivity contribution < 1.29 is 0 Å². The maximum absolute atomic E-state index is 4.57. The van der Waals surface area contributed by atoms with Crippen LogP contribution in [0.5, 0.6) is 0 Å². The fraction of sp³-hybridized carbons (Fsp3) is 0.417. The van der Waals surface area contributed by atoms with Crippen molar-refractivity contribution >= 4 is 11.8 Å². The van der Waals surface area contributed by atoms with Crippen molar-refractivity contribution in [2.75, 3.05) is 0 Å². The standard InChI is InChI=1S/C12H16N2/c1-9-8-12(2,3)11(14-9)7-10-5-4-6-13-10/h4-7,13H,8H2,1-3H3/b11-7+. The molecule has 0 atom stereocenters. The first-order valence-corrected chi connectivity index (χ1v) is 4.98. The quantitative estimate of drug-likeness (QED) is 0.700. The van der Waals surface area contributed by atoms with Crippen LogP contribution in [0.4, 0.5) is 0 Å². The number of rotatable bonds is 1. The lowest BCUT2D eigenvalue weighted by Crippen LogP contribution is -2.09. The second-order valence-corrected chi connectivity index (χ2v) is 4.56. The number of aromatic amines is 1. The average molecular weight is 188 g/mol. The predicted molar refractivity (Wildman–Crippen MR) is 60.3 cm³/mol. The number of hydrogen-bond acceptors (Lipinski definition) is 1. The van der Waals surface area contributed by atoms with Gasteiger partial charge in [-0.15, -0.1) is 0 Å². The average Bonchev–Trinajstić information content (AvgIpc) is 2.61. The Balaban J connectivity index is 2.34. The van der Waals surface area contributed by atoms with E-state index in [2.05, 4.69) is 42.9 Å². The van der Waals surface area contributed by atoms with Crippen molar-refractivity contribution in [1.82, 2.24) is 4.98 Å². The molecule has 2 heteroatoms. The molecule has 2 heterocycles. The van der Waals surface area contributed by atoms with E-state index in [0.29, 0.717) is 0 Å². The molecule has 1 aliphatic rings. The Hall–Kier alpha value is -1.31. The molecule has 0 saturated heterocycles. The third kappa shape index (κ3) is 1.65. The molecule has 0 amide bonds. The highest BCUT2D eigenvalue weighted by atomic mass is 14.8. The highest BCUT2D eigenvalue weighted by molar-refractivity contribution is 5.87. The zero-order valence-electron chi connectivity index (χ0n) is 8.96. The van der Waals surface area contributed by atoms with Crippen LogP contribution in [0.3, 0.4) is 0 Å². The van der Waals surface area contributed by atoms with Crippen molar-refractivity contribution in [1.29, 1.82) is 0 Å². The molecule has 2 rings (SSSR count). The molecule has 1 aromatic heterocycles. The number of hydrogen-bond donors (Lipinski definition) is 1. The third-order valence-corrected chi connectivity index (χ3v) is 2.62. The number of H-pyrrole nitrogens is 1. The van der Waals surface area contributed by atoms with E-state index in [0.717, 1.165) is 12.1 Å². The van der Waals surface area contributed by atoms with Gasteiger partial charge in [0.2, 0.25) is 0 Å². The summed E-state index contributed by atoms with van der Waals surface area (Å²) in [4.78, 5) is 7.74. The van der Waals surface area contributed by atoms with E-state index in [9.17, 15) is 0 Å². The molecule has 0 aromatic carbocycles. The van der Waals surface area contributed by atoms with Crippen molar-refractivity contribution in [2.24, 2.45) is 10.4 Å². The van der Waals surface area contributed by atoms with Crippen LogP contribution in [0.2, 0.25) is 0 Å². The number of aliphatic imine (C=N–C) groups is 1. The summed E-state index contributed by atoms with van der Waals surface area (Å²) in [5.41, 5.74) is 3.73. The Morgan fingerprint density at radius 1 is 1.50 bits per heavy atom. The van der Waals surface area contributed by atoms with Gasteiger partial charge in [0.05, 0.1) is 0 Å². The summed E-state index contributed by atoms with van der Waals surface area (Å²) in [7, 11) is 0. The normalized spacial score (nSPS) is 22.8. The minimum atomic E-state index is 0.190. The van der Waals surface area contributed by atoms with Crippen LogP contribution in [0, 0.1) is 5.41 Å². The second kappa shape index (κ2) is 3.12. The van der Waals surface area contributed by atoms with Crippen molar-refractivity contribution in [3.05, 3.63) is 29.7 Å². The topological polar surface area (TPSA) is 28.1 Å². The zero-order chi connectivity index (χ0) is 10.2. The molecular weight excluding hydrogens is 172 g/mol. The van der Waals surface area contributed by atoms with Gasteiger partial charge in [-0.05, 0) is 31.6 Å². The molecule has 0 saturated carbocycles. The second-order valence-electron chi connectivity index (χ2n) is 4.56. The molecule has 2 nitrogen and oxygen atoms in total. The highest BCUT2D eigenvalue weighted by Gasteiger charge is 2.29. The first kappa shape index (κ1) is 9.25. The lowest BCUT2D eigenvalue weighted by molar-refractivity contribution is 0.488. The van der Waals surface area contributed by atoms with Crippen LogP contribution >= 0.6 is 0 Å². The van der Waals surface area contributed by atoms with Gasteiger partial charge in [-0.1, -0.05) is 13.8 Å². The van der Waals surface area contributed by atoms with Crippen molar-refractivity contribution in [2.45, 2.75) is 27.2 Å². The van der Waals surface area contributed by atoms with Crippen molar-refractivity contribution in [3.63, 3.8) is 0 Å². The van der Waals surface area contributed by atoms with Crippen LogP contribution in [-0.4, -0.2) is 10.7 Å². The van der Waals surface area contributed by atoms with Crippen LogP contribution in [0.1, 0.15) is 32.9 Å². The molecular formula is C12H16N2. The largest absolute Gasteiger partial charge is 0.362 e. The molecule has 1 aliphatic heterocycles. The Kier molecular flexibility index (Phi) is 2.06. The van der Waals surface area contributed by atoms with E-state index in [1.54, 1.807) is 0 Å². The van der Waals surface area contributed by atoms with E-state index in [4.69, 9.17) is 0 Å². The number of aromatic nitrogens is 1. The first-order valence-electron chi connectivity index (χ1n) is 4.98. The van der Waals surface area contributed by atoms with Crippen LogP contribution < -0.4 is 0 Å². The zero-order valence-corrected chi connectivity index (χ0v) is 8.96. The monoisotopic (exact) mass is 188 g/mol. The summed E-state index contributed by atoms with van der Waals surface area (Å²) in [6, 6.07) is 4.07. The van der Waals surface area contributed by atoms with Gasteiger partial charge in [-0.25, -0.2) is 0 Å². The van der Waals surface area contributed by atoms with E-state index < -0.39 is 0 Å². The van der Waals surface area contributed by atoms with Crippen LogP contribution in [-0.2, 0) is 0 Å². The number of nitrogens with zero attached hydrogens (tertiary/aromatic N) is 1. The smallest absolute Gasteiger partial charge is 0.0483 e. The summed E-state index contributed by atoms with van der Waals surface area (Å²) < 4.78 is 0. The van der Waals surface area contributed by atoms with Crippen molar-refractivity contribution in [3.8, 4) is 0 Å². The summed E-state index contributed by atoms with van der Waals surface area (Å²) in [5, 5.41) is 0. The molecule has 0 radical (unpaired) electrons. The van der Waals surface area contributed by atoms with E-state index in [-0.39, 0.29) is 5.41 Å². The summed E-state index contributed by atoms with van der Waals surface area (Å²) >= 11 is 0. The first-order chi connectivity index (χ1) is 6.58. The van der Waals surface area contributed by atoms with Gasteiger partial charge < -0.3 is 4.98 Å². The van der Waals surface area contributed by atoms with Gasteiger partial charge in [-0.3, -0.25) is 4.99 Å². The molecule has 14 heavy (non-hydrogen) atoms. The molecule has 0 unspecified atom stereocenters. The van der Waals surface area contributed by atoms with Crippen LogP contribution in [0.25, 0.3) is 6.08 Å². The third-order valence-electron chi connectivity index (χ3n) is 2.62. The fourth-order valence-electron chi connectivity index (χ4n) is 1.94. The molecule has 0 spiro atoms. The van der Waals surface area contributed by atoms with Crippen LogP contribution in [0.15, 0.2) is 29.0 Å². The molecule has 0 bridgehead atoms. The van der Waals surface area contributed by atoms with Gasteiger partial charge in [0.1, 0.15) is 0 Å². The molecule has 0 aliphatic carbocycles. The highest BCUT2D eigenvalue weighted by Crippen LogP contribution is 2.38. The van der Waals surface area contributed by atoms with E-state index in [1.165, 1.54) is 11.4 Å². The van der Waals surface area contributed by atoms with E-state index >= 15 is 0 Å². The Morgan fingerprint density at radius 2 is 2.29 bits per heavy atom. The lowest BCUT2D eigenvalue weighted by atomic mass is 9.86. The predicted octanol–water partition coefficient (Wildman–Crippen LogP) is 3.25. The van der Waals surface area contributed by atoms with Gasteiger partial charge in [0, 0.05) is 28.7 Å². The van der Waals surface area contributed by atoms with Gasteiger partial charge >= 0.3 is 0 Å². The lowest BCUT2D eigenvalue weighted by Gasteiger charge is -2.17. The minimum absolute atomic E-state index is 0.190. The minimum Gasteiger partial charge on any atom is -0.362 e. The Morgan fingerprint density at radius 3 is 2.79 bits per heavy atom. The number of nitrogens with one attached hydrogen (secondary N) is 1. The summed E-state index contributed by atoms with van der Waals surface area (Å²) in [6.07, 6.45) is 5.14. The van der Waals surface area contributed by atoms with Gasteiger partial charge in [0.25, 0.3) is 0 Å². The SMILES string of the molecule is CC1=N/C(=C/c2ccc[nH]2)C(C)(C)C1.